The topological polar surface area (TPSA) is 162 Å². The van der Waals surface area contributed by atoms with Gasteiger partial charge in [0.15, 0.2) is 11.5 Å². The molecule has 2 aromatic carbocycles. The lowest BCUT2D eigenvalue weighted by molar-refractivity contribution is -0.112. The zero-order chi connectivity index (χ0) is 24.9. The predicted molar refractivity (Wildman–Crippen MR) is 129 cm³/mol. The Morgan fingerprint density at radius 2 is 1.86 bits per heavy atom. The van der Waals surface area contributed by atoms with Crippen LogP contribution in [0, 0.1) is 11.3 Å². The molecule has 0 fully saturated rings. The Kier molecular flexibility index (Phi) is 6.57. The number of nitrogens with zero attached hydrogens (tertiary/aromatic N) is 3. The van der Waals surface area contributed by atoms with Gasteiger partial charge in [0.25, 0.3) is 11.7 Å². The minimum atomic E-state index is -0.892. The number of rotatable bonds is 6. The van der Waals surface area contributed by atoms with Gasteiger partial charge in [0, 0.05) is 23.2 Å². The number of urea groups is 1. The van der Waals surface area contributed by atoms with Gasteiger partial charge >= 0.3 is 6.03 Å². The highest BCUT2D eigenvalue weighted by Gasteiger charge is 2.22. The smallest absolute Gasteiger partial charge is 0.325 e. The van der Waals surface area contributed by atoms with E-state index >= 15 is 0 Å². The minimum Gasteiger partial charge on any atom is -0.494 e. The number of fused-ring (bicyclic) bond motifs is 1. The van der Waals surface area contributed by atoms with Crippen LogP contribution in [0.4, 0.5) is 22.0 Å². The monoisotopic (exact) mass is 489 g/mol. The number of aromatic nitrogens is 3. The van der Waals surface area contributed by atoms with Crippen molar-refractivity contribution in [3.05, 3.63) is 71.3 Å². The molecule has 0 saturated carbocycles. The molecule has 0 aliphatic rings. The fourth-order valence-electron chi connectivity index (χ4n) is 3.20. The number of nitriles is 1. The van der Waals surface area contributed by atoms with Crippen molar-refractivity contribution in [2.45, 2.75) is 0 Å². The molecule has 3 amide bonds. The number of amides is 3. The highest BCUT2D eigenvalue weighted by molar-refractivity contribution is 6.49. The number of halogens is 1. The average molecular weight is 490 g/mol. The SMILES string of the molecule is COc1cc(NC(=O)C(=O)c2c[nH]c3ccccc23)c(Cl)cc1NC(=O)Nc1cnc(C#N)cn1. The maximum absolute atomic E-state index is 12.7. The molecule has 0 radical (unpaired) electrons. The zero-order valence-electron chi connectivity index (χ0n) is 18.0. The second kappa shape index (κ2) is 9.90. The van der Waals surface area contributed by atoms with E-state index in [0.717, 1.165) is 5.52 Å². The third-order valence-electron chi connectivity index (χ3n) is 4.83. The highest BCUT2D eigenvalue weighted by atomic mass is 35.5. The molecule has 0 saturated heterocycles. The molecule has 4 aromatic rings. The van der Waals surface area contributed by atoms with Crippen LogP contribution in [0.1, 0.15) is 16.1 Å². The van der Waals surface area contributed by atoms with Crippen LogP contribution in [-0.2, 0) is 4.79 Å². The quantitative estimate of drug-likeness (QED) is 0.235. The van der Waals surface area contributed by atoms with Crippen molar-refractivity contribution in [3.8, 4) is 11.8 Å². The molecule has 4 N–H and O–H groups in total. The van der Waals surface area contributed by atoms with E-state index in [-0.39, 0.29) is 39.2 Å². The fourth-order valence-corrected chi connectivity index (χ4v) is 3.41. The number of hydrogen-bond acceptors (Lipinski definition) is 7. The summed E-state index contributed by atoms with van der Waals surface area (Å²) < 4.78 is 5.29. The predicted octanol–water partition coefficient (Wildman–Crippen LogP) is 3.96. The highest BCUT2D eigenvalue weighted by Crippen LogP contribution is 2.35. The van der Waals surface area contributed by atoms with Gasteiger partial charge in [0.2, 0.25) is 0 Å². The molecule has 2 heterocycles. The van der Waals surface area contributed by atoms with E-state index in [4.69, 9.17) is 21.6 Å². The van der Waals surface area contributed by atoms with E-state index in [1.54, 1.807) is 18.2 Å². The van der Waals surface area contributed by atoms with Gasteiger partial charge in [-0.3, -0.25) is 14.9 Å². The number of ether oxygens (including phenoxy) is 1. The number of para-hydroxylation sites is 1. The molecular weight excluding hydrogens is 474 g/mol. The molecule has 174 valence electrons. The summed E-state index contributed by atoms with van der Waals surface area (Å²) in [7, 11) is 1.36. The van der Waals surface area contributed by atoms with Crippen molar-refractivity contribution in [2.24, 2.45) is 0 Å². The molecule has 0 bridgehead atoms. The van der Waals surface area contributed by atoms with E-state index in [1.165, 1.54) is 37.8 Å². The van der Waals surface area contributed by atoms with Crippen LogP contribution in [0.2, 0.25) is 5.02 Å². The van der Waals surface area contributed by atoms with E-state index in [2.05, 4.69) is 30.9 Å². The van der Waals surface area contributed by atoms with Gasteiger partial charge < -0.3 is 20.4 Å². The number of nitrogens with one attached hydrogen (secondary N) is 4. The Hall–Kier alpha value is -4.95. The van der Waals surface area contributed by atoms with Crippen molar-refractivity contribution in [1.29, 1.82) is 5.26 Å². The zero-order valence-corrected chi connectivity index (χ0v) is 18.8. The molecule has 12 heteroatoms. The van der Waals surface area contributed by atoms with Crippen molar-refractivity contribution < 1.29 is 19.1 Å². The third-order valence-corrected chi connectivity index (χ3v) is 5.15. The van der Waals surface area contributed by atoms with Crippen LogP contribution in [0.25, 0.3) is 10.9 Å². The lowest BCUT2D eigenvalue weighted by Gasteiger charge is -2.14. The molecule has 0 atom stereocenters. The van der Waals surface area contributed by atoms with Crippen LogP contribution in [0.5, 0.6) is 5.75 Å². The number of Topliss-reactive ketones (excluding diaryl/α,β-unsaturated/α-hetero) is 1. The number of carbonyl (C=O) groups excluding carboxylic acids is 3. The second-order valence-corrected chi connectivity index (χ2v) is 7.45. The summed E-state index contributed by atoms with van der Waals surface area (Å²) in [6.45, 7) is 0. The summed E-state index contributed by atoms with van der Waals surface area (Å²) in [5.74, 6) is -1.35. The molecule has 2 aromatic heterocycles. The maximum Gasteiger partial charge on any atom is 0.325 e. The van der Waals surface area contributed by atoms with Crippen LogP contribution < -0.4 is 20.7 Å². The second-order valence-electron chi connectivity index (χ2n) is 7.04. The molecule has 0 aliphatic heterocycles. The normalized spacial score (nSPS) is 10.3. The number of benzene rings is 2. The maximum atomic E-state index is 12.7. The van der Waals surface area contributed by atoms with Crippen LogP contribution in [-0.4, -0.2) is 39.8 Å². The van der Waals surface area contributed by atoms with Gasteiger partial charge in [0.05, 0.1) is 41.5 Å². The fraction of sp³-hybridized carbons (Fsp3) is 0.0435. The van der Waals surface area contributed by atoms with Crippen molar-refractivity contribution in [1.82, 2.24) is 15.0 Å². The largest absolute Gasteiger partial charge is 0.494 e. The van der Waals surface area contributed by atoms with E-state index in [1.807, 2.05) is 12.1 Å². The first-order chi connectivity index (χ1) is 16.9. The van der Waals surface area contributed by atoms with Crippen molar-refractivity contribution in [2.75, 3.05) is 23.1 Å². The van der Waals surface area contributed by atoms with Crippen molar-refractivity contribution in [3.63, 3.8) is 0 Å². The van der Waals surface area contributed by atoms with Crippen molar-refractivity contribution >= 4 is 57.4 Å². The summed E-state index contributed by atoms with van der Waals surface area (Å²) >= 11 is 6.29. The Bertz CT molecular complexity index is 1490. The standard InChI is InChI=1S/C23H16ClN7O4/c1-35-19-7-17(29-22(33)21(32)14-10-27-16-5-3-2-4-13(14)16)15(24)6-18(19)30-23(34)31-20-11-26-12(8-25)9-28-20/h2-7,9-11,27H,1H3,(H,29,33)(H2,28,30,31,34). The molecular formula is C23H16ClN7O4. The summed E-state index contributed by atoms with van der Waals surface area (Å²) in [6, 6.07) is 11.0. The Morgan fingerprint density at radius 1 is 1.06 bits per heavy atom. The van der Waals surface area contributed by atoms with Gasteiger partial charge in [-0.2, -0.15) is 5.26 Å². The van der Waals surface area contributed by atoms with Gasteiger partial charge in [-0.1, -0.05) is 29.8 Å². The number of aromatic amines is 1. The number of methoxy groups -OCH3 is 1. The lowest BCUT2D eigenvalue weighted by atomic mass is 10.1. The van der Waals surface area contributed by atoms with Crippen LogP contribution in [0.3, 0.4) is 0 Å². The number of H-pyrrole nitrogens is 1. The first-order valence-corrected chi connectivity index (χ1v) is 10.4. The molecule has 35 heavy (non-hydrogen) atoms. The number of hydrogen-bond donors (Lipinski definition) is 4. The first-order valence-electron chi connectivity index (χ1n) is 9.99. The molecule has 4 rings (SSSR count). The molecule has 0 spiro atoms. The lowest BCUT2D eigenvalue weighted by Crippen LogP contribution is -2.23. The van der Waals surface area contributed by atoms with E-state index < -0.39 is 17.7 Å². The first kappa shape index (κ1) is 23.2. The van der Waals surface area contributed by atoms with Gasteiger partial charge in [-0.25, -0.2) is 14.8 Å². The third kappa shape index (κ3) is 5.02. The number of ketones is 1. The summed E-state index contributed by atoms with van der Waals surface area (Å²) in [4.78, 5) is 48.3. The van der Waals surface area contributed by atoms with E-state index in [0.29, 0.717) is 5.39 Å². The van der Waals surface area contributed by atoms with Crippen LogP contribution >= 0.6 is 11.6 Å². The Morgan fingerprint density at radius 3 is 2.57 bits per heavy atom. The number of carbonyl (C=O) groups is 3. The molecule has 0 unspecified atom stereocenters. The molecule has 0 aliphatic carbocycles. The summed E-state index contributed by atoms with van der Waals surface area (Å²) in [5, 5.41) is 16.9. The Balaban J connectivity index is 1.48. The molecule has 11 nitrogen and oxygen atoms in total. The summed E-state index contributed by atoms with van der Waals surface area (Å²) in [5.41, 5.74) is 1.36. The Labute approximate surface area is 203 Å². The summed E-state index contributed by atoms with van der Waals surface area (Å²) in [6.07, 6.45) is 3.91. The number of anilines is 3. The van der Waals surface area contributed by atoms with Gasteiger partial charge in [0.1, 0.15) is 11.8 Å². The van der Waals surface area contributed by atoms with Gasteiger partial charge in [-0.05, 0) is 12.1 Å². The minimum absolute atomic E-state index is 0.0549. The van der Waals surface area contributed by atoms with Crippen LogP contribution in [0.15, 0.2) is 55.0 Å². The van der Waals surface area contributed by atoms with Gasteiger partial charge in [-0.15, -0.1) is 0 Å². The van der Waals surface area contributed by atoms with E-state index in [9.17, 15) is 14.4 Å². The average Bonchev–Trinajstić information content (AvgIpc) is 3.29.